The summed E-state index contributed by atoms with van der Waals surface area (Å²) in [6.07, 6.45) is 0.499. The number of amides is 1. The van der Waals surface area contributed by atoms with Crippen LogP contribution in [0.5, 0.6) is 0 Å². The second kappa shape index (κ2) is 7.14. The zero-order valence-electron chi connectivity index (χ0n) is 10.7. The van der Waals surface area contributed by atoms with E-state index in [2.05, 4.69) is 0 Å². The van der Waals surface area contributed by atoms with Crippen LogP contribution in [0.4, 0.5) is 14.5 Å². The number of alkyl halides is 1. The fourth-order valence-electron chi connectivity index (χ4n) is 1.68. The summed E-state index contributed by atoms with van der Waals surface area (Å²) in [6, 6.07) is 0.969. The van der Waals surface area contributed by atoms with Crippen molar-refractivity contribution >= 4 is 23.2 Å². The summed E-state index contributed by atoms with van der Waals surface area (Å²) in [5.74, 6) is -3.06. The molecule has 0 aliphatic rings. The van der Waals surface area contributed by atoms with E-state index < -0.39 is 33.7 Å². The Balaban J connectivity index is 3.19. The topological polar surface area (TPSA) is 63.5 Å². The smallest absolute Gasteiger partial charge is 0.285 e. The maximum absolute atomic E-state index is 13.2. The van der Waals surface area contributed by atoms with Crippen molar-refractivity contribution in [2.45, 2.75) is 13.3 Å². The highest BCUT2D eigenvalue weighted by Gasteiger charge is 2.26. The van der Waals surface area contributed by atoms with Gasteiger partial charge in [0.25, 0.3) is 11.6 Å². The molecule has 20 heavy (non-hydrogen) atoms. The first-order chi connectivity index (χ1) is 9.42. The minimum absolute atomic E-state index is 0.284. The first-order valence-corrected chi connectivity index (χ1v) is 6.44. The highest BCUT2D eigenvalue weighted by molar-refractivity contribution is 6.17. The van der Waals surface area contributed by atoms with Crippen LogP contribution in [0.25, 0.3) is 0 Å². The van der Waals surface area contributed by atoms with Crippen LogP contribution in [0.3, 0.4) is 0 Å². The van der Waals surface area contributed by atoms with Gasteiger partial charge in [-0.3, -0.25) is 14.9 Å². The first kappa shape index (κ1) is 16.3. The van der Waals surface area contributed by atoms with E-state index >= 15 is 0 Å². The van der Waals surface area contributed by atoms with Gasteiger partial charge in [-0.2, -0.15) is 0 Å². The number of nitro benzene ring substituents is 1. The molecular weight excluding hydrogens is 294 g/mol. The Morgan fingerprint density at radius 1 is 1.40 bits per heavy atom. The normalized spacial score (nSPS) is 10.4. The summed E-state index contributed by atoms with van der Waals surface area (Å²) < 4.78 is 26.3. The number of nitro groups is 1. The molecule has 0 N–H and O–H groups in total. The Labute approximate surface area is 119 Å². The van der Waals surface area contributed by atoms with Gasteiger partial charge in [0.2, 0.25) is 0 Å². The minimum atomic E-state index is -1.36. The molecule has 0 bridgehead atoms. The van der Waals surface area contributed by atoms with Crippen molar-refractivity contribution in [1.82, 2.24) is 4.90 Å². The predicted octanol–water partition coefficient (Wildman–Crippen LogP) is 2.96. The van der Waals surface area contributed by atoms with E-state index in [4.69, 9.17) is 11.6 Å². The fraction of sp³-hybridized carbons (Fsp3) is 0.417. The number of nitrogens with zero attached hydrogens (tertiary/aromatic N) is 2. The molecule has 0 aromatic heterocycles. The van der Waals surface area contributed by atoms with E-state index in [-0.39, 0.29) is 13.1 Å². The molecule has 0 saturated carbocycles. The van der Waals surface area contributed by atoms with Gasteiger partial charge in [-0.25, -0.2) is 8.78 Å². The molecule has 0 unspecified atom stereocenters. The van der Waals surface area contributed by atoms with Gasteiger partial charge in [-0.05, 0) is 19.4 Å². The molecule has 110 valence electrons. The third-order valence-corrected chi connectivity index (χ3v) is 2.96. The lowest BCUT2D eigenvalue weighted by molar-refractivity contribution is -0.385. The largest absolute Gasteiger partial charge is 0.339 e. The maximum Gasteiger partial charge on any atom is 0.285 e. The summed E-state index contributed by atoms with van der Waals surface area (Å²) in [5, 5.41) is 10.8. The van der Waals surface area contributed by atoms with Gasteiger partial charge >= 0.3 is 0 Å². The van der Waals surface area contributed by atoms with Gasteiger partial charge in [-0.15, -0.1) is 11.6 Å². The van der Waals surface area contributed by atoms with Crippen molar-refractivity contribution in [3.8, 4) is 0 Å². The zero-order chi connectivity index (χ0) is 15.3. The van der Waals surface area contributed by atoms with Crippen molar-refractivity contribution in [1.29, 1.82) is 0 Å². The van der Waals surface area contributed by atoms with E-state index in [9.17, 15) is 23.7 Å². The van der Waals surface area contributed by atoms with Crippen molar-refractivity contribution in [3.05, 3.63) is 39.4 Å². The molecule has 0 radical (unpaired) electrons. The quantitative estimate of drug-likeness (QED) is 0.461. The molecule has 1 aromatic carbocycles. The molecule has 5 nitrogen and oxygen atoms in total. The van der Waals surface area contributed by atoms with Crippen LogP contribution in [0.15, 0.2) is 12.1 Å². The number of rotatable bonds is 6. The second-order valence-electron chi connectivity index (χ2n) is 3.97. The molecule has 1 aromatic rings. The molecule has 0 aliphatic carbocycles. The summed E-state index contributed by atoms with van der Waals surface area (Å²) in [6.45, 7) is 2.25. The number of carbonyl (C=O) groups is 1. The summed E-state index contributed by atoms with van der Waals surface area (Å²) in [7, 11) is 0. The molecule has 0 aliphatic heterocycles. The molecule has 0 atom stereocenters. The average Bonchev–Trinajstić information content (AvgIpc) is 2.41. The highest BCUT2D eigenvalue weighted by atomic mass is 35.5. The van der Waals surface area contributed by atoms with Gasteiger partial charge < -0.3 is 4.90 Å². The SMILES string of the molecule is CCN(CCCCl)C(=O)c1cc(F)c(F)cc1[N+](=O)[O-]. The van der Waals surface area contributed by atoms with Crippen LogP contribution in [0.2, 0.25) is 0 Å². The van der Waals surface area contributed by atoms with E-state index in [0.29, 0.717) is 24.4 Å². The second-order valence-corrected chi connectivity index (χ2v) is 4.35. The summed E-state index contributed by atoms with van der Waals surface area (Å²) in [4.78, 5) is 23.4. The first-order valence-electron chi connectivity index (χ1n) is 5.91. The Bertz CT molecular complexity index is 526. The minimum Gasteiger partial charge on any atom is -0.339 e. The van der Waals surface area contributed by atoms with Crippen LogP contribution in [-0.2, 0) is 0 Å². The Hall–Kier alpha value is -1.76. The fourth-order valence-corrected chi connectivity index (χ4v) is 1.80. The lowest BCUT2D eigenvalue weighted by Crippen LogP contribution is -2.32. The van der Waals surface area contributed by atoms with E-state index in [1.165, 1.54) is 4.90 Å². The molecule has 0 saturated heterocycles. The molecule has 1 rings (SSSR count). The standard InChI is InChI=1S/C12H13ClF2N2O3/c1-2-16(5-3-4-13)12(18)8-6-9(14)10(15)7-11(8)17(19)20/h6-7H,2-5H2,1H3. The number of hydrogen-bond donors (Lipinski definition) is 0. The molecular formula is C12H13ClF2N2O3. The Morgan fingerprint density at radius 2 is 2.00 bits per heavy atom. The van der Waals surface area contributed by atoms with Crippen LogP contribution >= 0.6 is 11.6 Å². The predicted molar refractivity (Wildman–Crippen MR) is 69.9 cm³/mol. The van der Waals surface area contributed by atoms with E-state index in [0.717, 1.165) is 0 Å². The van der Waals surface area contributed by atoms with E-state index in [1.807, 2.05) is 0 Å². The van der Waals surface area contributed by atoms with Crippen molar-refractivity contribution < 1.29 is 18.5 Å². The van der Waals surface area contributed by atoms with Crippen molar-refractivity contribution in [2.75, 3.05) is 19.0 Å². The van der Waals surface area contributed by atoms with Crippen LogP contribution in [-0.4, -0.2) is 34.7 Å². The maximum atomic E-state index is 13.2. The number of benzene rings is 1. The summed E-state index contributed by atoms with van der Waals surface area (Å²) >= 11 is 5.53. The lowest BCUT2D eigenvalue weighted by Gasteiger charge is -2.20. The van der Waals surface area contributed by atoms with Crippen LogP contribution in [0.1, 0.15) is 23.7 Å². The molecule has 1 amide bonds. The van der Waals surface area contributed by atoms with Gasteiger partial charge in [0.05, 0.1) is 11.0 Å². The van der Waals surface area contributed by atoms with Crippen LogP contribution < -0.4 is 0 Å². The average molecular weight is 307 g/mol. The lowest BCUT2D eigenvalue weighted by atomic mass is 10.1. The Morgan fingerprint density at radius 3 is 2.50 bits per heavy atom. The van der Waals surface area contributed by atoms with Crippen molar-refractivity contribution in [2.24, 2.45) is 0 Å². The zero-order valence-corrected chi connectivity index (χ0v) is 11.5. The summed E-state index contributed by atoms with van der Waals surface area (Å²) in [5.41, 5.74) is -1.22. The third-order valence-electron chi connectivity index (χ3n) is 2.70. The van der Waals surface area contributed by atoms with E-state index in [1.54, 1.807) is 6.92 Å². The van der Waals surface area contributed by atoms with Crippen molar-refractivity contribution in [3.63, 3.8) is 0 Å². The Kier molecular flexibility index (Phi) is 5.82. The molecule has 0 fully saturated rings. The van der Waals surface area contributed by atoms with Gasteiger partial charge in [-0.1, -0.05) is 0 Å². The third kappa shape index (κ3) is 3.63. The number of hydrogen-bond acceptors (Lipinski definition) is 3. The molecule has 8 heteroatoms. The van der Waals surface area contributed by atoms with Gasteiger partial charge in [0, 0.05) is 19.0 Å². The number of halogens is 3. The van der Waals surface area contributed by atoms with Gasteiger partial charge in [0.1, 0.15) is 5.56 Å². The molecule has 0 heterocycles. The monoisotopic (exact) mass is 306 g/mol. The van der Waals surface area contributed by atoms with Crippen LogP contribution in [0, 0.1) is 21.7 Å². The van der Waals surface area contributed by atoms with Gasteiger partial charge in [0.15, 0.2) is 11.6 Å². The number of carbonyl (C=O) groups excluding carboxylic acids is 1. The molecule has 0 spiro atoms. The highest BCUT2D eigenvalue weighted by Crippen LogP contribution is 2.23.